The van der Waals surface area contributed by atoms with Crippen LogP contribution in [0, 0.1) is 0 Å². The Morgan fingerprint density at radius 2 is 1.97 bits per heavy atom. The van der Waals surface area contributed by atoms with E-state index in [2.05, 4.69) is 74.9 Å². The molecule has 1 aliphatic carbocycles. The minimum absolute atomic E-state index is 0.128. The van der Waals surface area contributed by atoms with Gasteiger partial charge in [0.05, 0.1) is 24.1 Å². The number of allylic oxidation sites excluding steroid dienone is 1. The highest BCUT2D eigenvalue weighted by Gasteiger charge is 2.37. The molecule has 0 spiro atoms. The molecule has 0 bridgehead atoms. The van der Waals surface area contributed by atoms with Crippen molar-refractivity contribution in [2.45, 2.75) is 57.8 Å². The Kier molecular flexibility index (Phi) is 6.14. The molecule has 1 N–H and O–H groups in total. The van der Waals surface area contributed by atoms with Crippen LogP contribution in [0.3, 0.4) is 0 Å². The van der Waals surface area contributed by atoms with Gasteiger partial charge in [-0.2, -0.15) is 0 Å². The molecule has 1 saturated heterocycles. The van der Waals surface area contributed by atoms with Gasteiger partial charge in [0.15, 0.2) is 0 Å². The fourth-order valence-corrected chi connectivity index (χ4v) is 5.21. The van der Waals surface area contributed by atoms with E-state index in [0.717, 1.165) is 55.6 Å². The smallest absolute Gasteiger partial charge is 0.240 e. The zero-order chi connectivity index (χ0) is 22.8. The second-order valence-corrected chi connectivity index (χ2v) is 9.35. The molecule has 2 aromatic carbocycles. The van der Waals surface area contributed by atoms with Gasteiger partial charge in [-0.15, -0.1) is 0 Å². The third-order valence-electron chi connectivity index (χ3n) is 7.08. The molecule has 1 amide bonds. The molecular formula is C28H32N4O. The number of carbonyl (C=O) groups is 1. The largest absolute Gasteiger partial charge is 0.334 e. The average molecular weight is 441 g/mol. The topological polar surface area (TPSA) is 50.2 Å². The molecule has 2 aliphatic rings. The Labute approximate surface area is 196 Å². The lowest BCUT2D eigenvalue weighted by molar-refractivity contribution is -0.131. The molecule has 2 unspecified atom stereocenters. The number of likely N-dealkylation sites (tertiary alicyclic amines) is 1. The van der Waals surface area contributed by atoms with E-state index in [1.165, 1.54) is 16.7 Å². The van der Waals surface area contributed by atoms with Crippen molar-refractivity contribution in [2.24, 2.45) is 0 Å². The van der Waals surface area contributed by atoms with Crippen LogP contribution in [0.4, 0.5) is 0 Å². The zero-order valence-corrected chi connectivity index (χ0v) is 19.3. The van der Waals surface area contributed by atoms with Gasteiger partial charge in [0.1, 0.15) is 0 Å². The van der Waals surface area contributed by atoms with Crippen LogP contribution >= 0.6 is 0 Å². The predicted octanol–water partition coefficient (Wildman–Crippen LogP) is 4.73. The van der Waals surface area contributed by atoms with Crippen LogP contribution in [0.1, 0.15) is 60.2 Å². The maximum Gasteiger partial charge on any atom is 0.240 e. The third kappa shape index (κ3) is 4.51. The summed E-state index contributed by atoms with van der Waals surface area (Å²) in [6.45, 7) is 8.24. The van der Waals surface area contributed by atoms with Gasteiger partial charge in [-0.05, 0) is 54.9 Å². The number of aryl methyl sites for hydroxylation is 1. The van der Waals surface area contributed by atoms with E-state index in [0.29, 0.717) is 6.54 Å². The first kappa shape index (κ1) is 21.7. The van der Waals surface area contributed by atoms with Crippen molar-refractivity contribution in [3.63, 3.8) is 0 Å². The molecule has 5 nitrogen and oxygen atoms in total. The van der Waals surface area contributed by atoms with Gasteiger partial charge in [0.2, 0.25) is 5.91 Å². The lowest BCUT2D eigenvalue weighted by Gasteiger charge is -2.33. The van der Waals surface area contributed by atoms with Gasteiger partial charge in [-0.25, -0.2) is 4.98 Å². The first-order valence-corrected chi connectivity index (χ1v) is 12.0. The first-order valence-electron chi connectivity index (χ1n) is 12.0. The number of hydrogen-bond acceptors (Lipinski definition) is 3. The van der Waals surface area contributed by atoms with Crippen LogP contribution in [-0.4, -0.2) is 32.9 Å². The Hall–Kier alpha value is -3.18. The maximum atomic E-state index is 13.3. The van der Waals surface area contributed by atoms with Crippen molar-refractivity contribution in [1.82, 2.24) is 19.8 Å². The lowest BCUT2D eigenvalue weighted by atomic mass is 9.87. The first-order chi connectivity index (χ1) is 16.1. The Balaban J connectivity index is 1.21. The number of amides is 1. The van der Waals surface area contributed by atoms with Crippen molar-refractivity contribution >= 4 is 11.5 Å². The Morgan fingerprint density at radius 1 is 1.15 bits per heavy atom. The van der Waals surface area contributed by atoms with Crippen molar-refractivity contribution in [3.05, 3.63) is 95.6 Å². The maximum absolute atomic E-state index is 13.3. The van der Waals surface area contributed by atoms with Crippen LogP contribution < -0.4 is 5.32 Å². The Morgan fingerprint density at radius 3 is 2.79 bits per heavy atom. The van der Waals surface area contributed by atoms with Gasteiger partial charge < -0.3 is 14.8 Å². The highest BCUT2D eigenvalue weighted by molar-refractivity contribution is 5.84. The fourth-order valence-electron chi connectivity index (χ4n) is 5.21. The summed E-state index contributed by atoms with van der Waals surface area (Å²) in [7, 11) is 0. The number of fused-ring (bicyclic) bond motifs is 1. The molecule has 33 heavy (non-hydrogen) atoms. The number of aromatic nitrogens is 2. The minimum atomic E-state index is -0.128. The molecule has 1 aliphatic heterocycles. The molecule has 5 rings (SSSR count). The number of rotatable bonds is 7. The van der Waals surface area contributed by atoms with Crippen molar-refractivity contribution in [3.8, 4) is 0 Å². The molecule has 2 heterocycles. The molecule has 0 radical (unpaired) electrons. The molecular weight excluding hydrogens is 408 g/mol. The van der Waals surface area contributed by atoms with Crippen LogP contribution in [0.25, 0.3) is 5.57 Å². The van der Waals surface area contributed by atoms with Gasteiger partial charge in [-0.3, -0.25) is 4.79 Å². The molecule has 1 aromatic heterocycles. The van der Waals surface area contributed by atoms with Gasteiger partial charge in [0.25, 0.3) is 0 Å². The standard InChI is InChI=1S/C28H32N4O/c1-20(2)22-12-10-21(11-13-22)18-31-19-29-16-24(31)17-30-26-14-15-32(28(26)33)27-9-5-7-23-6-3-4-8-25(23)27/h3-4,6,8,10-13,16,19,26-27,30H,1,5,7,9,14-15,17-18H2,2H3. The molecule has 1 fully saturated rings. The lowest BCUT2D eigenvalue weighted by Crippen LogP contribution is -2.40. The molecule has 2 atom stereocenters. The summed E-state index contributed by atoms with van der Waals surface area (Å²) < 4.78 is 2.15. The van der Waals surface area contributed by atoms with Crippen LogP contribution in [0.15, 0.2) is 67.6 Å². The highest BCUT2D eigenvalue weighted by atomic mass is 16.2. The quantitative estimate of drug-likeness (QED) is 0.578. The van der Waals surface area contributed by atoms with Crippen LogP contribution in [0.5, 0.6) is 0 Å². The van der Waals surface area contributed by atoms with E-state index < -0.39 is 0 Å². The van der Waals surface area contributed by atoms with E-state index in [1.54, 1.807) is 0 Å². The summed E-state index contributed by atoms with van der Waals surface area (Å²) in [6, 6.07) is 17.2. The fraction of sp³-hybridized carbons (Fsp3) is 0.357. The van der Waals surface area contributed by atoms with Crippen LogP contribution in [-0.2, 0) is 24.3 Å². The summed E-state index contributed by atoms with van der Waals surface area (Å²) >= 11 is 0. The number of benzene rings is 2. The molecule has 170 valence electrons. The normalized spacial score (nSPS) is 20.2. The highest BCUT2D eigenvalue weighted by Crippen LogP contribution is 2.36. The van der Waals surface area contributed by atoms with E-state index >= 15 is 0 Å². The summed E-state index contributed by atoms with van der Waals surface area (Å²) in [5.41, 5.74) is 7.29. The Bertz CT molecular complexity index is 1150. The van der Waals surface area contributed by atoms with E-state index in [1.807, 2.05) is 19.4 Å². The number of carbonyl (C=O) groups excluding carboxylic acids is 1. The SMILES string of the molecule is C=C(C)c1ccc(Cn2cncc2CNC2CCN(C3CCCc4ccccc43)C2=O)cc1. The number of nitrogens with one attached hydrogen (secondary N) is 1. The summed E-state index contributed by atoms with van der Waals surface area (Å²) in [4.78, 5) is 19.7. The van der Waals surface area contributed by atoms with Crippen molar-refractivity contribution in [2.75, 3.05) is 6.54 Å². The molecule has 3 aromatic rings. The number of imidazole rings is 1. The van der Waals surface area contributed by atoms with E-state index in [-0.39, 0.29) is 18.0 Å². The third-order valence-corrected chi connectivity index (χ3v) is 7.08. The molecule has 5 heteroatoms. The van der Waals surface area contributed by atoms with Gasteiger partial charge in [-0.1, -0.05) is 60.7 Å². The number of nitrogens with zero attached hydrogens (tertiary/aromatic N) is 3. The van der Waals surface area contributed by atoms with Crippen molar-refractivity contribution < 1.29 is 4.79 Å². The summed E-state index contributed by atoms with van der Waals surface area (Å²) in [5.74, 6) is 0.234. The minimum Gasteiger partial charge on any atom is -0.334 e. The molecule has 0 saturated carbocycles. The number of hydrogen-bond donors (Lipinski definition) is 1. The van der Waals surface area contributed by atoms with Crippen molar-refractivity contribution in [1.29, 1.82) is 0 Å². The van der Waals surface area contributed by atoms with E-state index in [4.69, 9.17) is 0 Å². The van der Waals surface area contributed by atoms with Gasteiger partial charge in [0, 0.05) is 25.8 Å². The monoisotopic (exact) mass is 440 g/mol. The summed E-state index contributed by atoms with van der Waals surface area (Å²) in [5, 5.41) is 3.51. The average Bonchev–Trinajstić information content (AvgIpc) is 3.43. The van der Waals surface area contributed by atoms with Crippen LogP contribution in [0.2, 0.25) is 0 Å². The van der Waals surface area contributed by atoms with Gasteiger partial charge >= 0.3 is 0 Å². The predicted molar refractivity (Wildman–Crippen MR) is 132 cm³/mol. The second kappa shape index (κ2) is 9.36. The zero-order valence-electron chi connectivity index (χ0n) is 19.3. The summed E-state index contributed by atoms with van der Waals surface area (Å²) in [6.07, 6.45) is 7.95. The second-order valence-electron chi connectivity index (χ2n) is 9.35. The van der Waals surface area contributed by atoms with E-state index in [9.17, 15) is 4.79 Å².